The molecule has 0 aromatic heterocycles. The molecular weight excluding hydrogens is 442 g/mol. The molecule has 9 heteroatoms. The molecule has 0 aliphatic carbocycles. The predicted octanol–water partition coefficient (Wildman–Crippen LogP) is 3.62. The number of nitrogens with zero attached hydrogens (tertiary/aromatic N) is 1. The lowest BCUT2D eigenvalue weighted by Crippen LogP contribution is -2.27. The van der Waals surface area contributed by atoms with E-state index in [1.54, 1.807) is 30.0 Å². The molecular formula is C17H18BrNO5S2. The molecule has 0 spiro atoms. The van der Waals surface area contributed by atoms with Gasteiger partial charge in [-0.3, -0.25) is 9.69 Å². The Morgan fingerprint density at radius 1 is 1.35 bits per heavy atom. The highest BCUT2D eigenvalue weighted by atomic mass is 79.9. The molecule has 0 saturated carbocycles. The molecule has 1 saturated heterocycles. The smallest absolute Gasteiger partial charge is 0.344 e. The molecule has 2 rings (SSSR count). The molecule has 1 fully saturated rings. The van der Waals surface area contributed by atoms with Gasteiger partial charge in [0, 0.05) is 11.0 Å². The second kappa shape index (κ2) is 9.38. The topological polar surface area (TPSA) is 65.1 Å². The molecule has 1 aromatic rings. The number of halogens is 1. The van der Waals surface area contributed by atoms with Crippen LogP contribution in [0, 0.1) is 0 Å². The van der Waals surface area contributed by atoms with Gasteiger partial charge in [-0.25, -0.2) is 4.79 Å². The predicted molar refractivity (Wildman–Crippen MR) is 108 cm³/mol. The van der Waals surface area contributed by atoms with Crippen molar-refractivity contribution in [3.8, 4) is 11.5 Å². The Hall–Kier alpha value is -1.58. The fourth-order valence-corrected chi connectivity index (χ4v) is 4.00. The van der Waals surface area contributed by atoms with Crippen LogP contribution in [-0.4, -0.2) is 48.0 Å². The third kappa shape index (κ3) is 4.77. The molecule has 140 valence electrons. The number of thioether (sulfide) groups is 1. The number of methoxy groups -OCH3 is 1. The molecule has 1 amide bonds. The first kappa shape index (κ1) is 20.7. The normalized spacial score (nSPS) is 15.5. The Morgan fingerprint density at radius 3 is 2.65 bits per heavy atom. The Balaban J connectivity index is 2.26. The largest absolute Gasteiger partial charge is 0.493 e. The summed E-state index contributed by atoms with van der Waals surface area (Å²) in [6, 6.07) is 3.41. The summed E-state index contributed by atoms with van der Waals surface area (Å²) in [5.74, 6) is 0.259. The standard InChI is InChI=1S/C17H18BrNO5S2/c1-4-19-16(21)14(26-17(19)25)7-10-6-12(22-3)13(8-11(10)18)24-9-15(20)23-5-2/h6-8H,4-5,9H2,1-3H3/b14-7-. The van der Waals surface area contributed by atoms with Crippen LogP contribution < -0.4 is 9.47 Å². The lowest BCUT2D eigenvalue weighted by atomic mass is 10.2. The van der Waals surface area contributed by atoms with Gasteiger partial charge in [-0.1, -0.05) is 39.9 Å². The summed E-state index contributed by atoms with van der Waals surface area (Å²) in [4.78, 5) is 25.9. The number of amides is 1. The zero-order chi connectivity index (χ0) is 19.3. The summed E-state index contributed by atoms with van der Waals surface area (Å²) in [6.07, 6.45) is 1.75. The van der Waals surface area contributed by atoms with Crippen LogP contribution in [0.4, 0.5) is 0 Å². The summed E-state index contributed by atoms with van der Waals surface area (Å²) in [5.41, 5.74) is 0.738. The van der Waals surface area contributed by atoms with Gasteiger partial charge >= 0.3 is 5.97 Å². The van der Waals surface area contributed by atoms with Crippen molar-refractivity contribution in [3.63, 3.8) is 0 Å². The number of rotatable bonds is 7. The fourth-order valence-electron chi connectivity index (χ4n) is 2.19. The molecule has 0 N–H and O–H groups in total. The van der Waals surface area contributed by atoms with Gasteiger partial charge in [-0.05, 0) is 37.6 Å². The highest BCUT2D eigenvalue weighted by Crippen LogP contribution is 2.38. The number of likely N-dealkylation sites (N-methyl/N-ethyl adjacent to an activating group) is 1. The van der Waals surface area contributed by atoms with E-state index in [1.165, 1.54) is 18.9 Å². The molecule has 1 aliphatic heterocycles. The van der Waals surface area contributed by atoms with E-state index in [2.05, 4.69) is 15.9 Å². The van der Waals surface area contributed by atoms with E-state index in [9.17, 15) is 9.59 Å². The fraction of sp³-hybridized carbons (Fsp3) is 0.353. The number of ether oxygens (including phenoxy) is 3. The Kier molecular flexibility index (Phi) is 7.48. The summed E-state index contributed by atoms with van der Waals surface area (Å²) >= 11 is 9.94. The van der Waals surface area contributed by atoms with E-state index in [-0.39, 0.29) is 19.1 Å². The van der Waals surface area contributed by atoms with Crippen LogP contribution in [0.1, 0.15) is 19.4 Å². The second-order valence-electron chi connectivity index (χ2n) is 5.04. The van der Waals surface area contributed by atoms with Gasteiger partial charge in [0.1, 0.15) is 4.32 Å². The van der Waals surface area contributed by atoms with E-state index < -0.39 is 5.97 Å². The van der Waals surface area contributed by atoms with Gasteiger partial charge in [0.05, 0.1) is 18.6 Å². The first-order chi connectivity index (χ1) is 12.4. The van der Waals surface area contributed by atoms with Crippen LogP contribution in [0.3, 0.4) is 0 Å². The maximum Gasteiger partial charge on any atom is 0.344 e. The third-order valence-electron chi connectivity index (χ3n) is 3.41. The minimum absolute atomic E-state index is 0.115. The molecule has 0 radical (unpaired) electrons. The first-order valence-corrected chi connectivity index (χ1v) is 9.84. The Bertz CT molecular complexity index is 766. The van der Waals surface area contributed by atoms with Crippen molar-refractivity contribution in [2.24, 2.45) is 0 Å². The number of esters is 1. The van der Waals surface area contributed by atoms with Gasteiger partial charge < -0.3 is 14.2 Å². The number of carbonyl (C=O) groups is 2. The molecule has 0 atom stereocenters. The molecule has 26 heavy (non-hydrogen) atoms. The number of hydrogen-bond acceptors (Lipinski definition) is 7. The SMILES string of the molecule is CCOC(=O)COc1cc(Br)c(/C=C2\SC(=S)N(CC)C2=O)cc1OC. The van der Waals surface area contributed by atoms with E-state index in [0.717, 1.165) is 5.56 Å². The number of hydrogen-bond donors (Lipinski definition) is 0. The van der Waals surface area contributed by atoms with Crippen LogP contribution in [0.5, 0.6) is 11.5 Å². The van der Waals surface area contributed by atoms with Gasteiger partial charge in [-0.2, -0.15) is 0 Å². The molecule has 6 nitrogen and oxygen atoms in total. The van der Waals surface area contributed by atoms with E-state index >= 15 is 0 Å². The number of carbonyl (C=O) groups excluding carboxylic acids is 2. The van der Waals surface area contributed by atoms with Crippen molar-refractivity contribution in [2.75, 3.05) is 26.9 Å². The van der Waals surface area contributed by atoms with Crippen LogP contribution in [0.25, 0.3) is 6.08 Å². The first-order valence-electron chi connectivity index (χ1n) is 7.82. The highest BCUT2D eigenvalue weighted by Gasteiger charge is 2.30. The average molecular weight is 460 g/mol. The van der Waals surface area contributed by atoms with Gasteiger partial charge in [0.25, 0.3) is 5.91 Å². The molecule has 1 heterocycles. The number of thiocarbonyl (C=S) groups is 1. The van der Waals surface area contributed by atoms with Crippen LogP contribution >= 0.6 is 39.9 Å². The van der Waals surface area contributed by atoms with Gasteiger partial charge in [0.2, 0.25) is 0 Å². The van der Waals surface area contributed by atoms with Crippen LogP contribution in [-0.2, 0) is 14.3 Å². The summed E-state index contributed by atoms with van der Waals surface area (Å²) in [6.45, 7) is 4.21. The molecule has 0 bridgehead atoms. The van der Waals surface area contributed by atoms with Crippen LogP contribution in [0.15, 0.2) is 21.5 Å². The van der Waals surface area contributed by atoms with Crippen molar-refractivity contribution >= 4 is 62.2 Å². The van der Waals surface area contributed by atoms with Crippen LogP contribution in [0.2, 0.25) is 0 Å². The Labute approximate surface area is 170 Å². The monoisotopic (exact) mass is 459 g/mol. The lowest BCUT2D eigenvalue weighted by Gasteiger charge is -2.12. The van der Waals surface area contributed by atoms with Gasteiger partial charge in [-0.15, -0.1) is 0 Å². The molecule has 1 aromatic carbocycles. The zero-order valence-electron chi connectivity index (χ0n) is 14.5. The number of benzene rings is 1. The minimum Gasteiger partial charge on any atom is -0.493 e. The van der Waals surface area contributed by atoms with Crippen molar-refractivity contribution in [1.29, 1.82) is 0 Å². The van der Waals surface area contributed by atoms with E-state index in [4.69, 9.17) is 26.4 Å². The maximum absolute atomic E-state index is 12.3. The van der Waals surface area contributed by atoms with Crippen molar-refractivity contribution < 1.29 is 23.8 Å². The minimum atomic E-state index is -0.460. The average Bonchev–Trinajstić information content (AvgIpc) is 2.88. The van der Waals surface area contributed by atoms with E-state index in [1.807, 2.05) is 6.92 Å². The maximum atomic E-state index is 12.3. The van der Waals surface area contributed by atoms with Crippen molar-refractivity contribution in [3.05, 3.63) is 27.1 Å². The highest BCUT2D eigenvalue weighted by molar-refractivity contribution is 9.10. The summed E-state index contributed by atoms with van der Waals surface area (Å²) in [5, 5.41) is 0. The second-order valence-corrected chi connectivity index (χ2v) is 7.57. The lowest BCUT2D eigenvalue weighted by molar-refractivity contribution is -0.145. The van der Waals surface area contributed by atoms with Crippen molar-refractivity contribution in [2.45, 2.75) is 13.8 Å². The van der Waals surface area contributed by atoms with Gasteiger partial charge in [0.15, 0.2) is 18.1 Å². The quantitative estimate of drug-likeness (QED) is 0.350. The van der Waals surface area contributed by atoms with E-state index in [0.29, 0.717) is 31.7 Å². The Morgan fingerprint density at radius 2 is 2.08 bits per heavy atom. The molecule has 0 unspecified atom stereocenters. The van der Waals surface area contributed by atoms with Crippen molar-refractivity contribution in [1.82, 2.24) is 4.90 Å². The third-order valence-corrected chi connectivity index (χ3v) is 5.47. The zero-order valence-corrected chi connectivity index (χ0v) is 17.8. The molecule has 1 aliphatic rings. The summed E-state index contributed by atoms with van der Waals surface area (Å²) in [7, 11) is 1.50. The summed E-state index contributed by atoms with van der Waals surface area (Å²) < 4.78 is 16.9.